The van der Waals surface area contributed by atoms with Crippen LogP contribution >= 0.6 is 0 Å². The highest BCUT2D eigenvalue weighted by Gasteiger charge is 2.39. The lowest BCUT2D eigenvalue weighted by Crippen LogP contribution is -2.46. The first-order chi connectivity index (χ1) is 9.04. The van der Waals surface area contributed by atoms with Crippen molar-refractivity contribution in [1.82, 2.24) is 10.4 Å². The number of ether oxygens (including phenoxy) is 3. The first-order valence-corrected chi connectivity index (χ1v) is 6.16. The van der Waals surface area contributed by atoms with Crippen LogP contribution < -0.4 is 5.43 Å². The number of nitrogens with one attached hydrogen (secondary N) is 1. The summed E-state index contributed by atoms with van der Waals surface area (Å²) >= 11 is 0. The van der Waals surface area contributed by atoms with E-state index < -0.39 is 5.60 Å². The molecule has 2 aliphatic rings. The lowest BCUT2D eigenvalue weighted by Gasteiger charge is -2.29. The van der Waals surface area contributed by atoms with Crippen molar-refractivity contribution < 1.29 is 23.8 Å². The van der Waals surface area contributed by atoms with Gasteiger partial charge in [-0.1, -0.05) is 0 Å². The van der Waals surface area contributed by atoms with Crippen molar-refractivity contribution in [3.63, 3.8) is 0 Å². The zero-order valence-corrected chi connectivity index (χ0v) is 11.1. The van der Waals surface area contributed by atoms with Crippen molar-refractivity contribution in [2.24, 2.45) is 0 Å². The van der Waals surface area contributed by atoms with E-state index in [1.807, 2.05) is 5.01 Å². The third-order valence-electron chi connectivity index (χ3n) is 3.07. The van der Waals surface area contributed by atoms with Crippen LogP contribution in [0.1, 0.15) is 13.8 Å². The molecule has 0 unspecified atom stereocenters. The highest BCUT2D eigenvalue weighted by Crippen LogP contribution is 2.28. The molecule has 0 radical (unpaired) electrons. The monoisotopic (exact) mass is 270 g/mol. The summed E-state index contributed by atoms with van der Waals surface area (Å²) in [5.41, 5.74) is 2.40. The Bertz CT molecular complexity index is 399. The molecule has 2 rings (SSSR count). The smallest absolute Gasteiger partial charge is 0.293 e. The molecule has 0 bridgehead atoms. The van der Waals surface area contributed by atoms with Crippen molar-refractivity contribution in [2.75, 3.05) is 32.9 Å². The molecule has 7 nitrogen and oxygen atoms in total. The summed E-state index contributed by atoms with van der Waals surface area (Å²) < 4.78 is 15.6. The zero-order valence-electron chi connectivity index (χ0n) is 11.1. The molecule has 0 aromatic carbocycles. The van der Waals surface area contributed by atoms with Gasteiger partial charge in [0.05, 0.1) is 13.2 Å². The number of morpholine rings is 1. The third kappa shape index (κ3) is 3.05. The Hall–Kier alpha value is -1.60. The standard InChI is InChI=1S/C12H18N2O5/c1-12(2,19-8-15)10-9(16)7-18-11(10)13-14-3-5-17-6-4-14/h8,13H,3-7H2,1-2H3. The van der Waals surface area contributed by atoms with Crippen LogP contribution in [-0.4, -0.2) is 55.8 Å². The molecule has 0 spiro atoms. The summed E-state index contributed by atoms with van der Waals surface area (Å²) in [6.45, 7) is 6.26. The molecule has 0 aromatic rings. The van der Waals surface area contributed by atoms with Crippen LogP contribution in [0.3, 0.4) is 0 Å². The van der Waals surface area contributed by atoms with E-state index in [1.165, 1.54) is 0 Å². The fourth-order valence-corrected chi connectivity index (χ4v) is 2.10. The molecule has 2 heterocycles. The van der Waals surface area contributed by atoms with Gasteiger partial charge in [-0.15, -0.1) is 0 Å². The van der Waals surface area contributed by atoms with Crippen molar-refractivity contribution in [2.45, 2.75) is 19.4 Å². The highest BCUT2D eigenvalue weighted by atomic mass is 16.5. The predicted molar refractivity (Wildman–Crippen MR) is 64.7 cm³/mol. The maximum absolute atomic E-state index is 11.9. The van der Waals surface area contributed by atoms with Gasteiger partial charge in [0, 0.05) is 13.1 Å². The number of ketones is 1. The molecule has 1 N–H and O–H groups in total. The highest BCUT2D eigenvalue weighted by molar-refractivity contribution is 6.00. The molecule has 0 amide bonds. The lowest BCUT2D eigenvalue weighted by atomic mass is 9.95. The minimum Gasteiger partial charge on any atom is -0.470 e. The first kappa shape index (κ1) is 13.8. The van der Waals surface area contributed by atoms with E-state index >= 15 is 0 Å². The van der Waals surface area contributed by atoms with Crippen molar-refractivity contribution in [3.05, 3.63) is 11.5 Å². The average molecular weight is 270 g/mol. The molecule has 106 valence electrons. The number of Topliss-reactive ketones (excluding diaryl/α,β-unsaturated/α-hetero) is 1. The van der Waals surface area contributed by atoms with Crippen LogP contribution in [0.25, 0.3) is 0 Å². The summed E-state index contributed by atoms with van der Waals surface area (Å²) in [6, 6.07) is 0. The number of hydrazine groups is 1. The van der Waals surface area contributed by atoms with Crippen LogP contribution in [0.4, 0.5) is 0 Å². The van der Waals surface area contributed by atoms with Gasteiger partial charge in [0.1, 0.15) is 11.2 Å². The van der Waals surface area contributed by atoms with E-state index in [-0.39, 0.29) is 12.4 Å². The number of hydrogen-bond acceptors (Lipinski definition) is 7. The van der Waals surface area contributed by atoms with Crippen LogP contribution in [0.2, 0.25) is 0 Å². The summed E-state index contributed by atoms with van der Waals surface area (Å²) in [7, 11) is 0. The summed E-state index contributed by atoms with van der Waals surface area (Å²) in [6.07, 6.45) is 0. The van der Waals surface area contributed by atoms with E-state index in [2.05, 4.69) is 5.43 Å². The summed E-state index contributed by atoms with van der Waals surface area (Å²) in [5.74, 6) is 0.182. The SMILES string of the molecule is CC(C)(OC=O)C1=C(NN2CCOCC2)OCC1=O. The Morgan fingerprint density at radius 2 is 2.05 bits per heavy atom. The fraction of sp³-hybridized carbons (Fsp3) is 0.667. The Kier molecular flexibility index (Phi) is 4.06. The first-order valence-electron chi connectivity index (χ1n) is 6.16. The molecule has 0 aliphatic carbocycles. The van der Waals surface area contributed by atoms with Gasteiger partial charge in [0.15, 0.2) is 6.61 Å². The third-order valence-corrected chi connectivity index (χ3v) is 3.07. The summed E-state index contributed by atoms with van der Waals surface area (Å²) in [4.78, 5) is 22.4. The van der Waals surface area contributed by atoms with Gasteiger partial charge in [-0.25, -0.2) is 5.01 Å². The van der Waals surface area contributed by atoms with Gasteiger partial charge in [0.25, 0.3) is 6.47 Å². The fourth-order valence-electron chi connectivity index (χ4n) is 2.10. The largest absolute Gasteiger partial charge is 0.470 e. The minimum absolute atomic E-state index is 0.0341. The summed E-state index contributed by atoms with van der Waals surface area (Å²) in [5, 5.41) is 1.91. The van der Waals surface area contributed by atoms with E-state index in [0.717, 1.165) is 0 Å². The number of hydrogen-bond donors (Lipinski definition) is 1. The minimum atomic E-state index is -1.01. The van der Waals surface area contributed by atoms with Gasteiger partial charge in [-0.3, -0.25) is 15.0 Å². The van der Waals surface area contributed by atoms with Crippen LogP contribution in [-0.2, 0) is 23.8 Å². The predicted octanol–water partition coefficient (Wildman–Crippen LogP) is -0.414. The second-order valence-electron chi connectivity index (χ2n) is 4.85. The molecular weight excluding hydrogens is 252 g/mol. The molecule has 0 aromatic heterocycles. The normalized spacial score (nSPS) is 21.3. The molecule has 0 atom stereocenters. The Morgan fingerprint density at radius 3 is 2.68 bits per heavy atom. The van der Waals surface area contributed by atoms with Crippen LogP contribution in [0.5, 0.6) is 0 Å². The second kappa shape index (κ2) is 5.58. The Labute approximate surface area is 111 Å². The average Bonchev–Trinajstić information content (AvgIpc) is 2.72. The van der Waals surface area contributed by atoms with Gasteiger partial charge in [0.2, 0.25) is 11.7 Å². The Morgan fingerprint density at radius 1 is 1.37 bits per heavy atom. The van der Waals surface area contributed by atoms with Gasteiger partial charge < -0.3 is 14.2 Å². The van der Waals surface area contributed by atoms with Gasteiger partial charge >= 0.3 is 0 Å². The molecule has 1 saturated heterocycles. The number of carbonyl (C=O) groups is 2. The van der Waals surface area contributed by atoms with E-state index in [0.29, 0.717) is 44.2 Å². The van der Waals surface area contributed by atoms with Crippen LogP contribution in [0.15, 0.2) is 11.5 Å². The molecule has 19 heavy (non-hydrogen) atoms. The van der Waals surface area contributed by atoms with E-state index in [1.54, 1.807) is 13.8 Å². The van der Waals surface area contributed by atoms with Crippen molar-refractivity contribution in [1.29, 1.82) is 0 Å². The van der Waals surface area contributed by atoms with Gasteiger partial charge in [-0.05, 0) is 13.8 Å². The van der Waals surface area contributed by atoms with Crippen molar-refractivity contribution >= 4 is 12.3 Å². The molecule has 0 saturated carbocycles. The quantitative estimate of drug-likeness (QED) is 0.680. The second-order valence-corrected chi connectivity index (χ2v) is 4.85. The number of nitrogens with zero attached hydrogens (tertiary/aromatic N) is 1. The molecule has 2 aliphatic heterocycles. The lowest BCUT2D eigenvalue weighted by molar-refractivity contribution is -0.138. The molecule has 1 fully saturated rings. The van der Waals surface area contributed by atoms with Crippen LogP contribution in [0, 0.1) is 0 Å². The molecular formula is C12H18N2O5. The number of rotatable bonds is 5. The van der Waals surface area contributed by atoms with Crippen molar-refractivity contribution in [3.8, 4) is 0 Å². The topological polar surface area (TPSA) is 77.1 Å². The maximum Gasteiger partial charge on any atom is 0.293 e. The zero-order chi connectivity index (χ0) is 13.9. The van der Waals surface area contributed by atoms with Gasteiger partial charge in [-0.2, -0.15) is 0 Å². The van der Waals surface area contributed by atoms with E-state index in [9.17, 15) is 9.59 Å². The maximum atomic E-state index is 11.9. The molecule has 7 heteroatoms. The van der Waals surface area contributed by atoms with E-state index in [4.69, 9.17) is 14.2 Å². The Balaban J connectivity index is 2.16. The number of carbonyl (C=O) groups excluding carboxylic acids is 2.